The van der Waals surface area contributed by atoms with Crippen LogP contribution in [0.25, 0.3) is 6.08 Å². The molecule has 0 radical (unpaired) electrons. The first-order valence-corrected chi connectivity index (χ1v) is 7.59. The SMILES string of the molecule is CC1(C(=O)NCC(F)(F)F)CCN1C(=O)C/C=C/c1ccccc1. The highest BCUT2D eigenvalue weighted by molar-refractivity contribution is 5.93. The molecule has 0 bridgehead atoms. The number of nitrogens with zero attached hydrogens (tertiary/aromatic N) is 1. The van der Waals surface area contributed by atoms with E-state index in [-0.39, 0.29) is 12.3 Å². The van der Waals surface area contributed by atoms with Crippen LogP contribution in [0.4, 0.5) is 13.2 Å². The Labute approximate surface area is 138 Å². The minimum atomic E-state index is -4.47. The molecule has 1 aliphatic rings. The van der Waals surface area contributed by atoms with Gasteiger partial charge in [0.15, 0.2) is 0 Å². The van der Waals surface area contributed by atoms with E-state index in [1.54, 1.807) is 12.2 Å². The molecule has 1 heterocycles. The highest BCUT2D eigenvalue weighted by Crippen LogP contribution is 2.31. The number of amides is 2. The molecular formula is C17H19F3N2O2. The molecule has 1 unspecified atom stereocenters. The van der Waals surface area contributed by atoms with E-state index < -0.39 is 24.2 Å². The van der Waals surface area contributed by atoms with Crippen molar-refractivity contribution in [1.82, 2.24) is 10.2 Å². The molecule has 1 aromatic carbocycles. The standard InChI is InChI=1S/C17H19F3N2O2/c1-16(15(24)21-12-17(18,19)20)10-11-22(16)14(23)9-5-8-13-6-3-2-4-7-13/h2-8H,9-12H2,1H3,(H,21,24)/b8-5+. The lowest BCUT2D eigenvalue weighted by molar-refractivity contribution is -0.161. The van der Waals surface area contributed by atoms with Crippen LogP contribution in [0.1, 0.15) is 25.3 Å². The monoisotopic (exact) mass is 340 g/mol. The molecule has 0 spiro atoms. The quantitative estimate of drug-likeness (QED) is 0.896. The van der Waals surface area contributed by atoms with Crippen molar-refractivity contribution in [2.75, 3.05) is 13.1 Å². The molecule has 1 fully saturated rings. The molecule has 0 aromatic heterocycles. The van der Waals surface area contributed by atoms with Crippen LogP contribution in [0.3, 0.4) is 0 Å². The van der Waals surface area contributed by atoms with E-state index in [1.807, 2.05) is 35.6 Å². The van der Waals surface area contributed by atoms with E-state index >= 15 is 0 Å². The zero-order valence-corrected chi connectivity index (χ0v) is 13.3. The number of halogens is 3. The van der Waals surface area contributed by atoms with Gasteiger partial charge in [0.2, 0.25) is 11.8 Å². The summed E-state index contributed by atoms with van der Waals surface area (Å²) in [5.74, 6) is -1.05. The largest absolute Gasteiger partial charge is 0.405 e. The molecule has 1 N–H and O–H groups in total. The van der Waals surface area contributed by atoms with Crippen LogP contribution < -0.4 is 5.32 Å². The molecule has 4 nitrogen and oxygen atoms in total. The topological polar surface area (TPSA) is 49.4 Å². The fourth-order valence-electron chi connectivity index (χ4n) is 2.54. The van der Waals surface area contributed by atoms with Gasteiger partial charge in [0, 0.05) is 13.0 Å². The number of carbonyl (C=O) groups excluding carboxylic acids is 2. The maximum atomic E-state index is 12.2. The zero-order chi connectivity index (χ0) is 17.8. The average Bonchev–Trinajstić information content (AvgIpc) is 2.51. The van der Waals surface area contributed by atoms with Crippen LogP contribution in [-0.4, -0.2) is 41.5 Å². The Morgan fingerprint density at radius 2 is 1.96 bits per heavy atom. The fourth-order valence-corrected chi connectivity index (χ4v) is 2.54. The Hall–Kier alpha value is -2.31. The molecule has 0 saturated carbocycles. The van der Waals surface area contributed by atoms with E-state index in [0.29, 0.717) is 13.0 Å². The van der Waals surface area contributed by atoms with Gasteiger partial charge < -0.3 is 10.2 Å². The molecular weight excluding hydrogens is 321 g/mol. The van der Waals surface area contributed by atoms with Gasteiger partial charge in [-0.25, -0.2) is 0 Å². The molecule has 1 saturated heterocycles. The number of benzene rings is 1. The van der Waals surface area contributed by atoms with Crippen LogP contribution in [-0.2, 0) is 9.59 Å². The summed E-state index contributed by atoms with van der Waals surface area (Å²) in [4.78, 5) is 25.5. The van der Waals surface area contributed by atoms with Gasteiger partial charge in [-0.2, -0.15) is 13.2 Å². The van der Waals surface area contributed by atoms with Crippen LogP contribution in [0.15, 0.2) is 36.4 Å². The average molecular weight is 340 g/mol. The molecule has 2 rings (SSSR count). The minimum absolute atomic E-state index is 0.0943. The number of carbonyl (C=O) groups is 2. The van der Waals surface area contributed by atoms with Crippen molar-refractivity contribution in [3.63, 3.8) is 0 Å². The van der Waals surface area contributed by atoms with Gasteiger partial charge in [0.1, 0.15) is 12.1 Å². The molecule has 24 heavy (non-hydrogen) atoms. The minimum Gasteiger partial charge on any atom is -0.345 e. The summed E-state index contributed by atoms with van der Waals surface area (Å²) in [5.41, 5.74) is -0.261. The summed E-state index contributed by atoms with van der Waals surface area (Å²) in [7, 11) is 0. The van der Waals surface area contributed by atoms with Gasteiger partial charge in [-0.15, -0.1) is 0 Å². The van der Waals surface area contributed by atoms with E-state index in [1.165, 1.54) is 11.8 Å². The van der Waals surface area contributed by atoms with Crippen LogP contribution >= 0.6 is 0 Å². The zero-order valence-electron chi connectivity index (χ0n) is 13.3. The Bertz CT molecular complexity index is 628. The lowest BCUT2D eigenvalue weighted by Gasteiger charge is -2.49. The van der Waals surface area contributed by atoms with E-state index in [4.69, 9.17) is 0 Å². The molecule has 1 aromatic rings. The van der Waals surface area contributed by atoms with Crippen molar-refractivity contribution in [3.05, 3.63) is 42.0 Å². The van der Waals surface area contributed by atoms with Gasteiger partial charge in [0.05, 0.1) is 0 Å². The van der Waals surface area contributed by atoms with E-state index in [0.717, 1.165) is 5.56 Å². The number of likely N-dealkylation sites (tertiary alicyclic amines) is 1. The van der Waals surface area contributed by atoms with Crippen LogP contribution in [0.5, 0.6) is 0 Å². The first-order valence-electron chi connectivity index (χ1n) is 7.59. The van der Waals surface area contributed by atoms with Gasteiger partial charge in [-0.3, -0.25) is 9.59 Å². The first kappa shape index (κ1) is 18.0. The Morgan fingerprint density at radius 1 is 1.29 bits per heavy atom. The number of hydrogen-bond acceptors (Lipinski definition) is 2. The second-order valence-electron chi connectivity index (χ2n) is 5.88. The normalized spacial score (nSPS) is 20.8. The van der Waals surface area contributed by atoms with Crippen molar-refractivity contribution in [2.45, 2.75) is 31.5 Å². The molecule has 1 atom stereocenters. The summed E-state index contributed by atoms with van der Waals surface area (Å²) >= 11 is 0. The summed E-state index contributed by atoms with van der Waals surface area (Å²) in [6, 6.07) is 9.41. The van der Waals surface area contributed by atoms with Gasteiger partial charge >= 0.3 is 6.18 Å². The van der Waals surface area contributed by atoms with Crippen molar-refractivity contribution in [2.24, 2.45) is 0 Å². The summed E-state index contributed by atoms with van der Waals surface area (Å²) in [5, 5.41) is 1.86. The summed E-state index contributed by atoms with van der Waals surface area (Å²) < 4.78 is 36.6. The smallest absolute Gasteiger partial charge is 0.345 e. The number of rotatable bonds is 5. The Morgan fingerprint density at radius 3 is 2.50 bits per heavy atom. The predicted molar refractivity (Wildman–Crippen MR) is 83.9 cm³/mol. The summed E-state index contributed by atoms with van der Waals surface area (Å²) in [6.07, 6.45) is -0.548. The van der Waals surface area contributed by atoms with Gasteiger partial charge in [0.25, 0.3) is 0 Å². The third kappa shape index (κ3) is 4.37. The van der Waals surface area contributed by atoms with Gasteiger partial charge in [-0.1, -0.05) is 42.5 Å². The lowest BCUT2D eigenvalue weighted by Crippen LogP contribution is -2.67. The van der Waals surface area contributed by atoms with Gasteiger partial charge in [-0.05, 0) is 18.9 Å². The number of alkyl halides is 3. The van der Waals surface area contributed by atoms with Crippen molar-refractivity contribution < 1.29 is 22.8 Å². The van der Waals surface area contributed by atoms with E-state index in [9.17, 15) is 22.8 Å². The molecule has 130 valence electrons. The summed E-state index contributed by atoms with van der Waals surface area (Å²) in [6.45, 7) is 0.465. The number of nitrogens with one attached hydrogen (secondary N) is 1. The third-order valence-electron chi connectivity index (χ3n) is 4.06. The van der Waals surface area contributed by atoms with Crippen molar-refractivity contribution in [1.29, 1.82) is 0 Å². The highest BCUT2D eigenvalue weighted by atomic mass is 19.4. The fraction of sp³-hybridized carbons (Fsp3) is 0.412. The van der Waals surface area contributed by atoms with Crippen molar-refractivity contribution in [3.8, 4) is 0 Å². The predicted octanol–water partition coefficient (Wildman–Crippen LogP) is 2.76. The van der Waals surface area contributed by atoms with Crippen molar-refractivity contribution >= 4 is 17.9 Å². The molecule has 7 heteroatoms. The molecule has 2 amide bonds. The third-order valence-corrected chi connectivity index (χ3v) is 4.06. The Kier molecular flexibility index (Phi) is 5.31. The highest BCUT2D eigenvalue weighted by Gasteiger charge is 2.49. The maximum Gasteiger partial charge on any atom is 0.405 e. The molecule has 1 aliphatic heterocycles. The van der Waals surface area contributed by atoms with E-state index in [2.05, 4.69) is 0 Å². The van der Waals surface area contributed by atoms with Crippen LogP contribution in [0, 0.1) is 0 Å². The first-order chi connectivity index (χ1) is 11.2. The second kappa shape index (κ2) is 7.07. The Balaban J connectivity index is 1.90. The number of hydrogen-bond donors (Lipinski definition) is 1. The maximum absolute atomic E-state index is 12.2. The second-order valence-corrected chi connectivity index (χ2v) is 5.88. The molecule has 0 aliphatic carbocycles. The van der Waals surface area contributed by atoms with Crippen LogP contribution in [0.2, 0.25) is 0 Å². The lowest BCUT2D eigenvalue weighted by atomic mass is 9.85.